The average Bonchev–Trinajstić information content (AvgIpc) is 2.50. The lowest BCUT2D eigenvalue weighted by atomic mass is 10.0. The second kappa shape index (κ2) is 5.61. The molecule has 1 aliphatic heterocycles. The zero-order chi connectivity index (χ0) is 9.68. The maximum absolute atomic E-state index is 9.17. The molecule has 2 nitrogen and oxygen atoms in total. The van der Waals surface area contributed by atoms with Crippen molar-refractivity contribution in [2.75, 3.05) is 19.6 Å². The van der Waals surface area contributed by atoms with Gasteiger partial charge in [0.15, 0.2) is 0 Å². The number of hydrogen-bond acceptors (Lipinski definition) is 2. The number of nitrogens with zero attached hydrogens (tertiary/aromatic N) is 1. The minimum absolute atomic E-state index is 0.111. The Labute approximate surface area is 81.9 Å². The summed E-state index contributed by atoms with van der Waals surface area (Å²) < 4.78 is 0. The SMILES string of the molecule is CCCN1CCC(CCC(C)O)C1. The summed E-state index contributed by atoms with van der Waals surface area (Å²) in [4.78, 5) is 2.55. The lowest BCUT2D eigenvalue weighted by Gasteiger charge is -2.14. The first-order valence-electron chi connectivity index (χ1n) is 5.62. The smallest absolute Gasteiger partial charge is 0.0512 e. The van der Waals surface area contributed by atoms with Crippen molar-refractivity contribution in [1.29, 1.82) is 0 Å². The molecule has 1 saturated heterocycles. The first kappa shape index (κ1) is 11.0. The molecular formula is C11H23NO. The molecule has 0 spiro atoms. The molecule has 2 unspecified atom stereocenters. The predicted molar refractivity (Wildman–Crippen MR) is 55.8 cm³/mol. The Morgan fingerprint density at radius 2 is 2.31 bits per heavy atom. The highest BCUT2D eigenvalue weighted by molar-refractivity contribution is 4.75. The molecule has 78 valence electrons. The number of aliphatic hydroxyl groups is 1. The second-order valence-electron chi connectivity index (χ2n) is 4.38. The van der Waals surface area contributed by atoms with Gasteiger partial charge in [-0.05, 0) is 51.6 Å². The van der Waals surface area contributed by atoms with Crippen LogP contribution in [0.25, 0.3) is 0 Å². The molecule has 0 saturated carbocycles. The molecule has 0 radical (unpaired) electrons. The van der Waals surface area contributed by atoms with Crippen molar-refractivity contribution in [2.45, 2.75) is 45.6 Å². The van der Waals surface area contributed by atoms with Gasteiger partial charge in [0.05, 0.1) is 6.10 Å². The van der Waals surface area contributed by atoms with Crippen molar-refractivity contribution in [3.8, 4) is 0 Å². The fraction of sp³-hybridized carbons (Fsp3) is 1.00. The van der Waals surface area contributed by atoms with E-state index in [0.717, 1.165) is 12.3 Å². The van der Waals surface area contributed by atoms with Crippen LogP contribution < -0.4 is 0 Å². The Hall–Kier alpha value is -0.0800. The Morgan fingerprint density at radius 3 is 2.92 bits per heavy atom. The Morgan fingerprint density at radius 1 is 1.54 bits per heavy atom. The highest BCUT2D eigenvalue weighted by Crippen LogP contribution is 2.21. The largest absolute Gasteiger partial charge is 0.393 e. The molecule has 0 bridgehead atoms. The van der Waals surface area contributed by atoms with Crippen molar-refractivity contribution in [1.82, 2.24) is 4.90 Å². The summed E-state index contributed by atoms with van der Waals surface area (Å²) in [6.07, 6.45) is 4.68. The fourth-order valence-electron chi connectivity index (χ4n) is 2.14. The van der Waals surface area contributed by atoms with Gasteiger partial charge >= 0.3 is 0 Å². The third-order valence-corrected chi connectivity index (χ3v) is 2.90. The molecule has 0 amide bonds. The van der Waals surface area contributed by atoms with E-state index in [-0.39, 0.29) is 6.10 Å². The molecule has 0 aromatic heterocycles. The van der Waals surface area contributed by atoms with Crippen molar-refractivity contribution < 1.29 is 5.11 Å². The lowest BCUT2D eigenvalue weighted by molar-refractivity contribution is 0.173. The van der Waals surface area contributed by atoms with Crippen molar-refractivity contribution in [3.63, 3.8) is 0 Å². The van der Waals surface area contributed by atoms with Crippen molar-refractivity contribution in [3.05, 3.63) is 0 Å². The van der Waals surface area contributed by atoms with E-state index in [1.54, 1.807) is 0 Å². The fourth-order valence-corrected chi connectivity index (χ4v) is 2.14. The van der Waals surface area contributed by atoms with Crippen LogP contribution in [0.4, 0.5) is 0 Å². The normalized spacial score (nSPS) is 26.5. The van der Waals surface area contributed by atoms with Gasteiger partial charge in [0, 0.05) is 6.54 Å². The number of aliphatic hydroxyl groups excluding tert-OH is 1. The van der Waals surface area contributed by atoms with Gasteiger partial charge in [-0.1, -0.05) is 6.92 Å². The molecule has 0 aliphatic carbocycles. The van der Waals surface area contributed by atoms with Crippen LogP contribution in [0.5, 0.6) is 0 Å². The first-order chi connectivity index (χ1) is 6.22. The minimum Gasteiger partial charge on any atom is -0.393 e. The molecule has 1 rings (SSSR count). The van der Waals surface area contributed by atoms with E-state index in [2.05, 4.69) is 11.8 Å². The van der Waals surface area contributed by atoms with Gasteiger partial charge in [-0.15, -0.1) is 0 Å². The summed E-state index contributed by atoms with van der Waals surface area (Å²) in [5, 5.41) is 9.17. The topological polar surface area (TPSA) is 23.5 Å². The molecule has 2 atom stereocenters. The maximum atomic E-state index is 9.17. The van der Waals surface area contributed by atoms with E-state index in [1.807, 2.05) is 6.92 Å². The van der Waals surface area contributed by atoms with Crippen molar-refractivity contribution in [2.24, 2.45) is 5.92 Å². The van der Waals surface area contributed by atoms with Crippen LogP contribution in [0.3, 0.4) is 0 Å². The molecule has 13 heavy (non-hydrogen) atoms. The van der Waals surface area contributed by atoms with Crippen LogP contribution in [0.1, 0.15) is 39.5 Å². The standard InChI is InChI=1S/C11H23NO/c1-3-7-12-8-6-11(9-12)5-4-10(2)13/h10-11,13H,3-9H2,1-2H3. The summed E-state index contributed by atoms with van der Waals surface area (Å²) in [6.45, 7) is 7.92. The van der Waals surface area contributed by atoms with Crippen LogP contribution in [0.2, 0.25) is 0 Å². The minimum atomic E-state index is -0.111. The summed E-state index contributed by atoms with van der Waals surface area (Å²) in [6, 6.07) is 0. The van der Waals surface area contributed by atoms with Crippen molar-refractivity contribution >= 4 is 0 Å². The zero-order valence-corrected chi connectivity index (χ0v) is 9.00. The van der Waals surface area contributed by atoms with E-state index in [1.165, 1.54) is 38.9 Å². The van der Waals surface area contributed by atoms with Gasteiger partial charge in [-0.3, -0.25) is 0 Å². The van der Waals surface area contributed by atoms with E-state index in [4.69, 9.17) is 5.11 Å². The highest BCUT2D eigenvalue weighted by Gasteiger charge is 2.21. The monoisotopic (exact) mass is 185 g/mol. The van der Waals surface area contributed by atoms with Crippen LogP contribution >= 0.6 is 0 Å². The quantitative estimate of drug-likeness (QED) is 0.707. The van der Waals surface area contributed by atoms with Gasteiger partial charge in [0.25, 0.3) is 0 Å². The van der Waals surface area contributed by atoms with Gasteiger partial charge in [-0.2, -0.15) is 0 Å². The Kier molecular flexibility index (Phi) is 4.74. The second-order valence-corrected chi connectivity index (χ2v) is 4.38. The molecular weight excluding hydrogens is 162 g/mol. The zero-order valence-electron chi connectivity index (χ0n) is 9.00. The number of likely N-dealkylation sites (tertiary alicyclic amines) is 1. The third-order valence-electron chi connectivity index (χ3n) is 2.90. The average molecular weight is 185 g/mol. The number of rotatable bonds is 5. The maximum Gasteiger partial charge on any atom is 0.0512 e. The first-order valence-corrected chi connectivity index (χ1v) is 5.62. The molecule has 1 N–H and O–H groups in total. The molecule has 1 fully saturated rings. The van der Waals surface area contributed by atoms with Crippen LogP contribution in [0.15, 0.2) is 0 Å². The predicted octanol–water partition coefficient (Wildman–Crippen LogP) is 1.88. The molecule has 0 aromatic carbocycles. The Bertz CT molecular complexity index is 136. The van der Waals surface area contributed by atoms with Gasteiger partial charge in [0.1, 0.15) is 0 Å². The third kappa shape index (κ3) is 4.10. The van der Waals surface area contributed by atoms with Gasteiger partial charge in [0.2, 0.25) is 0 Å². The Balaban J connectivity index is 2.10. The molecule has 0 aromatic rings. The summed E-state index contributed by atoms with van der Waals surface area (Å²) in [5.41, 5.74) is 0. The van der Waals surface area contributed by atoms with E-state index in [0.29, 0.717) is 0 Å². The molecule has 1 heterocycles. The molecule has 2 heteroatoms. The summed E-state index contributed by atoms with van der Waals surface area (Å²) in [5.74, 6) is 0.848. The van der Waals surface area contributed by atoms with Gasteiger partial charge in [-0.25, -0.2) is 0 Å². The van der Waals surface area contributed by atoms with Crippen LogP contribution in [-0.2, 0) is 0 Å². The highest BCUT2D eigenvalue weighted by atomic mass is 16.3. The van der Waals surface area contributed by atoms with Crippen LogP contribution in [0, 0.1) is 5.92 Å². The summed E-state index contributed by atoms with van der Waals surface area (Å²) in [7, 11) is 0. The van der Waals surface area contributed by atoms with Gasteiger partial charge < -0.3 is 10.0 Å². The summed E-state index contributed by atoms with van der Waals surface area (Å²) >= 11 is 0. The van der Waals surface area contributed by atoms with E-state index >= 15 is 0 Å². The van der Waals surface area contributed by atoms with E-state index < -0.39 is 0 Å². The molecule has 1 aliphatic rings. The van der Waals surface area contributed by atoms with E-state index in [9.17, 15) is 0 Å². The number of hydrogen-bond donors (Lipinski definition) is 1. The lowest BCUT2D eigenvalue weighted by Crippen LogP contribution is -2.21. The van der Waals surface area contributed by atoms with Crippen LogP contribution in [-0.4, -0.2) is 35.7 Å².